The van der Waals surface area contributed by atoms with Gasteiger partial charge >= 0.3 is 17.9 Å². The third-order valence-corrected chi connectivity index (χ3v) is 12.9. The lowest BCUT2D eigenvalue weighted by molar-refractivity contribution is -0.166. The van der Waals surface area contributed by atoms with Crippen molar-refractivity contribution in [2.45, 2.75) is 264 Å². The van der Waals surface area contributed by atoms with Crippen LogP contribution in [0.5, 0.6) is 0 Å². The molecule has 0 saturated carbocycles. The summed E-state index contributed by atoms with van der Waals surface area (Å²) in [5.41, 5.74) is 0. The molecule has 0 rings (SSSR count). The van der Waals surface area contributed by atoms with Crippen LogP contribution in [0.4, 0.5) is 0 Å². The molecule has 1 atom stereocenters. The van der Waals surface area contributed by atoms with Crippen LogP contribution in [-0.2, 0) is 28.6 Å². The van der Waals surface area contributed by atoms with Crippen molar-refractivity contribution in [3.05, 3.63) is 170 Å². The first-order valence-corrected chi connectivity index (χ1v) is 32.1. The van der Waals surface area contributed by atoms with Crippen molar-refractivity contribution in [2.24, 2.45) is 0 Å². The Morgan fingerprint density at radius 2 is 0.512 bits per heavy atom. The van der Waals surface area contributed by atoms with Crippen molar-refractivity contribution in [1.29, 1.82) is 0 Å². The molecule has 0 N–H and O–H groups in total. The second-order valence-electron chi connectivity index (χ2n) is 20.5. The zero-order chi connectivity index (χ0) is 57.8. The second kappa shape index (κ2) is 66.3. The van der Waals surface area contributed by atoms with E-state index >= 15 is 0 Å². The molecule has 0 aliphatic heterocycles. The molecule has 0 aromatic rings. The van der Waals surface area contributed by atoms with Crippen LogP contribution in [0.15, 0.2) is 170 Å². The fraction of sp³-hybridized carbons (Fsp3) is 0.581. The van der Waals surface area contributed by atoms with Crippen LogP contribution in [-0.4, -0.2) is 37.2 Å². The summed E-state index contributed by atoms with van der Waals surface area (Å²) < 4.78 is 16.8. The van der Waals surface area contributed by atoms with E-state index in [1.807, 2.05) is 12.2 Å². The lowest BCUT2D eigenvalue weighted by Crippen LogP contribution is -2.30. The van der Waals surface area contributed by atoms with Gasteiger partial charge in [0, 0.05) is 19.3 Å². The van der Waals surface area contributed by atoms with Gasteiger partial charge in [-0.05, 0) is 141 Å². The summed E-state index contributed by atoms with van der Waals surface area (Å²) >= 11 is 0. The number of hydrogen-bond donors (Lipinski definition) is 0. The zero-order valence-corrected chi connectivity index (χ0v) is 51.3. The van der Waals surface area contributed by atoms with Crippen LogP contribution < -0.4 is 0 Å². The normalized spacial score (nSPS) is 13.3. The molecule has 1 unspecified atom stereocenters. The highest BCUT2D eigenvalue weighted by Gasteiger charge is 2.19. The van der Waals surface area contributed by atoms with E-state index in [-0.39, 0.29) is 37.5 Å². The molecule has 0 aliphatic carbocycles. The molecule has 0 aliphatic rings. The van der Waals surface area contributed by atoms with Crippen molar-refractivity contribution in [3.63, 3.8) is 0 Å². The number of allylic oxidation sites excluding steroid dienone is 28. The van der Waals surface area contributed by atoms with Crippen molar-refractivity contribution < 1.29 is 28.6 Å². The van der Waals surface area contributed by atoms with Gasteiger partial charge in [0.15, 0.2) is 6.10 Å². The molecule has 0 spiro atoms. The number of hydrogen-bond acceptors (Lipinski definition) is 6. The Morgan fingerprint density at radius 3 is 0.850 bits per heavy atom. The van der Waals surface area contributed by atoms with Gasteiger partial charge in [0.2, 0.25) is 0 Å². The lowest BCUT2D eigenvalue weighted by Gasteiger charge is -2.18. The van der Waals surface area contributed by atoms with E-state index in [0.717, 1.165) is 148 Å². The summed E-state index contributed by atoms with van der Waals surface area (Å²) in [5.74, 6) is -1.03. The highest BCUT2D eigenvalue weighted by atomic mass is 16.6. The SMILES string of the molecule is CC/C=C\C/C=C\C/C=C\C/C=C\C/C=C\C/C=C\C/C=C\C/C=C\C/C=C\CCCCCCCCCC(=O)OCC(COC(=O)CC/C=C\C/C=C\C/C=C\C/C=C\CC)OC(=O)CCCCCCC/C=C\CCCCCCC. The van der Waals surface area contributed by atoms with E-state index in [9.17, 15) is 14.4 Å². The Hall–Kier alpha value is -5.23. The Balaban J connectivity index is 4.31. The summed E-state index contributed by atoms with van der Waals surface area (Å²) in [4.78, 5) is 38.2. The van der Waals surface area contributed by atoms with Gasteiger partial charge in [-0.1, -0.05) is 268 Å². The molecule has 80 heavy (non-hydrogen) atoms. The second-order valence-corrected chi connectivity index (χ2v) is 20.5. The Morgan fingerprint density at radius 1 is 0.263 bits per heavy atom. The first-order valence-electron chi connectivity index (χ1n) is 32.1. The minimum Gasteiger partial charge on any atom is -0.462 e. The Kier molecular flexibility index (Phi) is 61.9. The maximum atomic E-state index is 12.9. The topological polar surface area (TPSA) is 78.9 Å². The average molecular weight is 1100 g/mol. The van der Waals surface area contributed by atoms with Crippen LogP contribution in [0.2, 0.25) is 0 Å². The molecule has 448 valence electrons. The maximum Gasteiger partial charge on any atom is 0.306 e. The summed E-state index contributed by atoms with van der Waals surface area (Å²) in [6.45, 7) is 6.31. The average Bonchev–Trinajstić information content (AvgIpc) is 3.46. The van der Waals surface area contributed by atoms with Gasteiger partial charge in [-0.3, -0.25) is 14.4 Å². The van der Waals surface area contributed by atoms with Gasteiger partial charge in [-0.25, -0.2) is 0 Å². The lowest BCUT2D eigenvalue weighted by atomic mass is 10.1. The molecule has 0 amide bonds. The third kappa shape index (κ3) is 63.6. The van der Waals surface area contributed by atoms with Crippen LogP contribution in [0, 0.1) is 0 Å². The molecular weight excluding hydrogens is 985 g/mol. The molecule has 0 heterocycles. The summed E-state index contributed by atoms with van der Waals surface area (Å²) in [6.07, 6.45) is 98.1. The van der Waals surface area contributed by atoms with Crippen LogP contribution in [0.1, 0.15) is 258 Å². The third-order valence-electron chi connectivity index (χ3n) is 12.9. The number of carbonyl (C=O) groups is 3. The molecule has 6 heteroatoms. The molecule has 0 aromatic heterocycles. The Bertz CT molecular complexity index is 1840. The van der Waals surface area contributed by atoms with E-state index in [4.69, 9.17) is 14.2 Å². The van der Waals surface area contributed by atoms with Gasteiger partial charge in [0.1, 0.15) is 13.2 Å². The maximum absolute atomic E-state index is 12.9. The quantitative estimate of drug-likeness (QED) is 0.0261. The van der Waals surface area contributed by atoms with E-state index in [1.54, 1.807) is 0 Å². The smallest absolute Gasteiger partial charge is 0.306 e. The highest BCUT2D eigenvalue weighted by molar-refractivity contribution is 5.71. The van der Waals surface area contributed by atoms with Gasteiger partial charge in [0.25, 0.3) is 0 Å². The fourth-order valence-electron chi connectivity index (χ4n) is 8.21. The summed E-state index contributed by atoms with van der Waals surface area (Å²) in [7, 11) is 0. The van der Waals surface area contributed by atoms with Crippen molar-refractivity contribution in [2.75, 3.05) is 13.2 Å². The molecule has 0 aromatic carbocycles. The monoisotopic (exact) mass is 1100 g/mol. The van der Waals surface area contributed by atoms with Crippen molar-refractivity contribution >= 4 is 17.9 Å². The molecule has 0 fully saturated rings. The molecule has 6 nitrogen and oxygen atoms in total. The predicted octanol–water partition coefficient (Wildman–Crippen LogP) is 22.3. The van der Waals surface area contributed by atoms with Gasteiger partial charge < -0.3 is 14.2 Å². The van der Waals surface area contributed by atoms with Gasteiger partial charge in [-0.2, -0.15) is 0 Å². The largest absolute Gasteiger partial charge is 0.462 e. The van der Waals surface area contributed by atoms with Crippen molar-refractivity contribution in [1.82, 2.24) is 0 Å². The number of carbonyl (C=O) groups excluding carboxylic acids is 3. The van der Waals surface area contributed by atoms with E-state index < -0.39 is 6.10 Å². The first kappa shape index (κ1) is 74.8. The molecule has 0 radical (unpaired) electrons. The summed E-state index contributed by atoms with van der Waals surface area (Å²) in [5, 5.41) is 0. The van der Waals surface area contributed by atoms with Gasteiger partial charge in [0.05, 0.1) is 0 Å². The van der Waals surface area contributed by atoms with E-state index in [2.05, 4.69) is 179 Å². The van der Waals surface area contributed by atoms with E-state index in [0.29, 0.717) is 19.3 Å². The number of rotatable bonds is 56. The highest BCUT2D eigenvalue weighted by Crippen LogP contribution is 2.14. The number of unbranched alkanes of at least 4 members (excludes halogenated alkanes) is 17. The molecular formula is C74H116O6. The molecule has 0 bridgehead atoms. The zero-order valence-electron chi connectivity index (χ0n) is 51.3. The van der Waals surface area contributed by atoms with Crippen LogP contribution in [0.25, 0.3) is 0 Å². The van der Waals surface area contributed by atoms with Crippen LogP contribution >= 0.6 is 0 Å². The predicted molar refractivity (Wildman–Crippen MR) is 348 cm³/mol. The first-order chi connectivity index (χ1) is 39.5. The fourth-order valence-corrected chi connectivity index (χ4v) is 8.21. The Labute approximate surface area is 492 Å². The minimum absolute atomic E-state index is 0.116. The minimum atomic E-state index is -0.824. The number of ether oxygens (including phenoxy) is 3. The molecule has 0 saturated heterocycles. The van der Waals surface area contributed by atoms with E-state index in [1.165, 1.54) is 64.2 Å². The standard InChI is InChI=1S/C74H116O6/c1-4-7-10-13-16-19-22-25-27-28-29-30-31-32-33-34-35-36-37-38-39-40-41-42-43-44-45-46-47-50-52-55-58-61-64-67-73(76)79-70-71(69-78-72(75)66-63-60-57-54-51-48-24-21-18-15-12-9-6-3)80-74(77)68-65-62-59-56-53-49-26-23-20-17-14-11-8-5-2/h7,9-10,12,16,18-19,21,23,25-27,29-30,32-33,35-36,38-39,41-42,44-45,48,51,57,60,71H,4-6,8,11,13-15,17,20,22,24,28,31,34,37,40,43,46-47,49-50,52-56,58-59,61-70H2,1-3H3/b10-7-,12-9-,19-16-,21-18-,26-23-,27-25-,30-29-,33-32-,36-35-,39-38-,42-41-,45-44-,51-48-,60-57-. The van der Waals surface area contributed by atoms with Gasteiger partial charge in [-0.15, -0.1) is 0 Å². The van der Waals surface area contributed by atoms with Crippen LogP contribution in [0.3, 0.4) is 0 Å². The summed E-state index contributed by atoms with van der Waals surface area (Å²) in [6, 6.07) is 0. The number of esters is 3. The van der Waals surface area contributed by atoms with Crippen molar-refractivity contribution in [3.8, 4) is 0 Å².